The van der Waals surface area contributed by atoms with Gasteiger partial charge < -0.3 is 9.64 Å². The lowest BCUT2D eigenvalue weighted by atomic mass is 9.76. The van der Waals surface area contributed by atoms with Gasteiger partial charge >= 0.3 is 12.1 Å². The average Bonchev–Trinajstić information content (AvgIpc) is 2.78. The van der Waals surface area contributed by atoms with Gasteiger partial charge in [-0.3, -0.25) is 4.79 Å². The summed E-state index contributed by atoms with van der Waals surface area (Å²) in [4.78, 5) is 14.7. The fourth-order valence-electron chi connectivity index (χ4n) is 4.86. The van der Waals surface area contributed by atoms with Crippen molar-refractivity contribution in [2.75, 3.05) is 18.1 Å². The van der Waals surface area contributed by atoms with E-state index >= 15 is 0 Å². The first-order chi connectivity index (χ1) is 15.1. The molecule has 0 radical (unpaired) electrons. The van der Waals surface area contributed by atoms with Gasteiger partial charge in [0.25, 0.3) is 0 Å². The monoisotopic (exact) mass is 449 g/mol. The number of allylic oxidation sites excluding steroid dienone is 3. The van der Waals surface area contributed by atoms with Gasteiger partial charge in [-0.1, -0.05) is 51.1 Å². The summed E-state index contributed by atoms with van der Waals surface area (Å²) in [5.74, 6) is 0.124. The number of esters is 1. The number of ether oxygens (including phenoxy) is 1. The van der Waals surface area contributed by atoms with Crippen molar-refractivity contribution in [3.63, 3.8) is 0 Å². The van der Waals surface area contributed by atoms with Crippen molar-refractivity contribution in [1.82, 2.24) is 0 Å². The molecule has 1 aromatic rings. The Hall–Kier alpha value is -2.24. The summed E-state index contributed by atoms with van der Waals surface area (Å²) >= 11 is 0. The zero-order chi connectivity index (χ0) is 23.5. The molecule has 1 fully saturated rings. The van der Waals surface area contributed by atoms with Gasteiger partial charge in [-0.15, -0.1) is 0 Å². The number of halogens is 3. The summed E-state index contributed by atoms with van der Waals surface area (Å²) in [5.41, 5.74) is 1.76. The lowest BCUT2D eigenvalue weighted by molar-refractivity contribution is -0.149. The van der Waals surface area contributed by atoms with E-state index in [1.165, 1.54) is 17.7 Å². The minimum absolute atomic E-state index is 0.0258. The minimum atomic E-state index is -4.32. The maximum atomic E-state index is 13.1. The summed E-state index contributed by atoms with van der Waals surface area (Å²) in [7, 11) is 0. The molecule has 0 spiro atoms. The predicted molar refractivity (Wildman–Crippen MR) is 122 cm³/mol. The Labute approximate surface area is 189 Å². The quantitative estimate of drug-likeness (QED) is 0.455. The molecule has 176 valence electrons. The second-order valence-electron chi connectivity index (χ2n) is 9.25. The molecular weight excluding hydrogens is 415 g/mol. The van der Waals surface area contributed by atoms with E-state index in [1.54, 1.807) is 13.0 Å². The Bertz CT molecular complexity index is 842. The summed E-state index contributed by atoms with van der Waals surface area (Å²) in [6, 6.07) is 8.51. The Kier molecular flexibility index (Phi) is 7.73. The lowest BCUT2D eigenvalue weighted by Gasteiger charge is -2.45. The second kappa shape index (κ2) is 10.1. The number of benzene rings is 1. The molecule has 1 aliphatic heterocycles. The molecule has 1 aliphatic carbocycles. The molecule has 1 heterocycles. The van der Waals surface area contributed by atoms with Gasteiger partial charge in [0.2, 0.25) is 0 Å². The van der Waals surface area contributed by atoms with Gasteiger partial charge in [-0.2, -0.15) is 13.2 Å². The molecule has 0 aromatic heterocycles. The normalized spacial score (nSPS) is 24.9. The predicted octanol–water partition coefficient (Wildman–Crippen LogP) is 6.66. The largest absolute Gasteiger partial charge is 0.466 e. The van der Waals surface area contributed by atoms with E-state index in [1.807, 2.05) is 6.92 Å². The maximum absolute atomic E-state index is 13.1. The summed E-state index contributed by atoms with van der Waals surface area (Å²) in [5, 5.41) is 0. The SMILES string of the molecule is CCOC(=O)C(C)[C@H]1CCN(c2ccc(C(C)C)cc2)C([C@@H]2C=CC(C(F)(F)F)=CC2)C1. The molecule has 6 heteroatoms. The van der Waals surface area contributed by atoms with E-state index in [0.717, 1.165) is 25.1 Å². The number of nitrogens with zero attached hydrogens (tertiary/aromatic N) is 1. The van der Waals surface area contributed by atoms with Gasteiger partial charge in [-0.25, -0.2) is 0 Å². The fourth-order valence-corrected chi connectivity index (χ4v) is 4.86. The topological polar surface area (TPSA) is 29.5 Å². The molecule has 32 heavy (non-hydrogen) atoms. The number of hydrogen-bond donors (Lipinski definition) is 0. The number of hydrogen-bond acceptors (Lipinski definition) is 3. The number of anilines is 1. The van der Waals surface area contributed by atoms with Crippen LogP contribution in [0.25, 0.3) is 0 Å². The number of piperidine rings is 1. The van der Waals surface area contributed by atoms with Crippen LogP contribution >= 0.6 is 0 Å². The van der Waals surface area contributed by atoms with Crippen molar-refractivity contribution in [2.45, 2.75) is 65.1 Å². The molecule has 0 amide bonds. The summed E-state index contributed by atoms with van der Waals surface area (Å²) in [6.07, 6.45) is 1.85. The van der Waals surface area contributed by atoms with Crippen molar-refractivity contribution in [3.05, 3.63) is 53.6 Å². The summed E-state index contributed by atoms with van der Waals surface area (Å²) in [6.45, 7) is 9.12. The van der Waals surface area contributed by atoms with Gasteiger partial charge in [0.05, 0.1) is 18.1 Å². The lowest BCUT2D eigenvalue weighted by Crippen LogP contribution is -2.48. The Morgan fingerprint density at radius 2 is 1.88 bits per heavy atom. The average molecular weight is 450 g/mol. The Morgan fingerprint density at radius 1 is 1.19 bits per heavy atom. The van der Waals surface area contributed by atoms with Crippen molar-refractivity contribution < 1.29 is 22.7 Å². The molecule has 0 bridgehead atoms. The van der Waals surface area contributed by atoms with Crippen LogP contribution in [0.1, 0.15) is 58.4 Å². The van der Waals surface area contributed by atoms with Crippen LogP contribution in [0.15, 0.2) is 48.1 Å². The van der Waals surface area contributed by atoms with Crippen molar-refractivity contribution in [1.29, 1.82) is 0 Å². The number of rotatable bonds is 6. The van der Waals surface area contributed by atoms with E-state index < -0.39 is 11.7 Å². The van der Waals surface area contributed by atoms with E-state index in [-0.39, 0.29) is 29.8 Å². The molecule has 3 nitrogen and oxygen atoms in total. The van der Waals surface area contributed by atoms with E-state index in [9.17, 15) is 18.0 Å². The van der Waals surface area contributed by atoms with Crippen LogP contribution in [0.2, 0.25) is 0 Å². The van der Waals surface area contributed by atoms with Gasteiger partial charge in [0, 0.05) is 24.2 Å². The third kappa shape index (κ3) is 5.57. The van der Waals surface area contributed by atoms with Crippen LogP contribution in [0.4, 0.5) is 18.9 Å². The second-order valence-corrected chi connectivity index (χ2v) is 9.25. The maximum Gasteiger partial charge on any atom is 0.416 e. The van der Waals surface area contributed by atoms with Gasteiger partial charge in [0.15, 0.2) is 0 Å². The summed E-state index contributed by atoms with van der Waals surface area (Å²) < 4.78 is 44.5. The number of carbonyl (C=O) groups excluding carboxylic acids is 1. The van der Waals surface area contributed by atoms with Crippen molar-refractivity contribution in [3.8, 4) is 0 Å². The Balaban J connectivity index is 1.84. The minimum Gasteiger partial charge on any atom is -0.466 e. The first-order valence-corrected chi connectivity index (χ1v) is 11.6. The zero-order valence-electron chi connectivity index (χ0n) is 19.4. The molecule has 2 unspecified atom stereocenters. The molecular formula is C26H34F3NO2. The Morgan fingerprint density at radius 3 is 2.41 bits per heavy atom. The van der Waals surface area contributed by atoms with Crippen LogP contribution in [0.3, 0.4) is 0 Å². The molecule has 0 saturated carbocycles. The third-order valence-electron chi connectivity index (χ3n) is 6.90. The van der Waals surface area contributed by atoms with E-state index in [4.69, 9.17) is 4.74 Å². The third-order valence-corrected chi connectivity index (χ3v) is 6.90. The van der Waals surface area contributed by atoms with E-state index in [2.05, 4.69) is 43.0 Å². The van der Waals surface area contributed by atoms with Crippen molar-refractivity contribution in [2.24, 2.45) is 17.8 Å². The van der Waals surface area contributed by atoms with Crippen LogP contribution in [-0.2, 0) is 9.53 Å². The molecule has 1 saturated heterocycles. The molecule has 4 atom stereocenters. The highest BCUT2D eigenvalue weighted by Crippen LogP contribution is 2.40. The highest BCUT2D eigenvalue weighted by Gasteiger charge is 2.39. The molecule has 1 aromatic carbocycles. The van der Waals surface area contributed by atoms with Crippen LogP contribution in [0, 0.1) is 17.8 Å². The van der Waals surface area contributed by atoms with Crippen LogP contribution in [-0.4, -0.2) is 31.3 Å². The standard InChI is InChI=1S/C26H34F3NO2/c1-5-32-25(31)18(4)21-14-15-30(23-12-8-19(9-13-23)17(2)3)24(16-21)20-6-10-22(11-7-20)26(27,28)29/h6,8-13,17-18,20-21,24H,5,7,14-16H2,1-4H3/t18?,20-,21+,24?/m1/s1. The van der Waals surface area contributed by atoms with Gasteiger partial charge in [-0.05, 0) is 55.7 Å². The van der Waals surface area contributed by atoms with Gasteiger partial charge in [0.1, 0.15) is 0 Å². The first-order valence-electron chi connectivity index (χ1n) is 11.6. The van der Waals surface area contributed by atoms with Crippen LogP contribution in [0.5, 0.6) is 0 Å². The highest BCUT2D eigenvalue weighted by atomic mass is 19.4. The van der Waals surface area contributed by atoms with Crippen LogP contribution < -0.4 is 4.90 Å². The highest BCUT2D eigenvalue weighted by molar-refractivity contribution is 5.72. The van der Waals surface area contributed by atoms with Crippen molar-refractivity contribution >= 4 is 11.7 Å². The zero-order valence-corrected chi connectivity index (χ0v) is 19.4. The number of carbonyl (C=O) groups is 1. The number of alkyl halides is 3. The molecule has 0 N–H and O–H groups in total. The molecule has 3 rings (SSSR count). The first kappa shape index (κ1) is 24.4. The smallest absolute Gasteiger partial charge is 0.416 e. The van der Waals surface area contributed by atoms with E-state index in [0.29, 0.717) is 18.9 Å². The fraction of sp³-hybridized carbons (Fsp3) is 0.577. The molecule has 2 aliphatic rings.